The third-order valence-corrected chi connectivity index (χ3v) is 9.00. The molecule has 7 aromatic carbocycles. The largest absolute Gasteiger partial charge is 0.458 e. The Bertz CT molecular complexity index is 2240. The quantitative estimate of drug-likeness (QED) is 0.195. The van der Waals surface area contributed by atoms with Crippen LogP contribution in [0.2, 0.25) is 0 Å². The summed E-state index contributed by atoms with van der Waals surface area (Å²) in [7, 11) is 0. The molecule has 3 heteroatoms. The Labute approximate surface area is 263 Å². The van der Waals surface area contributed by atoms with Gasteiger partial charge in [0.15, 0.2) is 0 Å². The van der Waals surface area contributed by atoms with E-state index in [0.717, 1.165) is 45.1 Å². The lowest BCUT2D eigenvalue weighted by molar-refractivity contribution is 0.464. The number of ether oxygens (including phenoxy) is 2. The topological polar surface area (TPSA) is 18.5 Å². The van der Waals surface area contributed by atoms with Gasteiger partial charge < -0.3 is 9.47 Å². The van der Waals surface area contributed by atoms with E-state index in [1.807, 2.05) is 24.3 Å². The monoisotopic (exact) mass is 574 g/mol. The molecule has 0 spiro atoms. The second-order valence-electron chi connectivity index (χ2n) is 11.7. The van der Waals surface area contributed by atoms with Crippen molar-refractivity contribution in [1.29, 1.82) is 0 Å². The van der Waals surface area contributed by atoms with Gasteiger partial charge in [-0.1, -0.05) is 121 Å². The Balaban J connectivity index is 1.07. The van der Waals surface area contributed by atoms with Crippen molar-refractivity contribution in [2.45, 2.75) is 0 Å². The highest BCUT2D eigenvalue weighted by Gasteiger charge is 2.39. The van der Waals surface area contributed by atoms with E-state index >= 15 is 0 Å². The second-order valence-corrected chi connectivity index (χ2v) is 11.7. The van der Waals surface area contributed by atoms with Crippen molar-refractivity contribution in [1.82, 2.24) is 0 Å². The zero-order valence-corrected chi connectivity index (χ0v) is 24.5. The zero-order chi connectivity index (χ0) is 29.7. The summed E-state index contributed by atoms with van der Waals surface area (Å²) in [4.78, 5) is 0. The van der Waals surface area contributed by atoms with Crippen LogP contribution in [0.5, 0.6) is 23.0 Å². The average Bonchev–Trinajstić information content (AvgIpc) is 3.12. The standard InChI is InChI=1S/C42H27BO2/c1-2-10-28(11-3-1)29-12-6-13-30(24-29)31-14-7-15-32(25-31)33-16-8-17-34(26-33)35-22-23-37-41(27-35)45-40-21-9-20-39-42(40)43(37)36-18-4-5-19-38(36)44-39/h1-27H. The van der Waals surface area contributed by atoms with Crippen molar-refractivity contribution in [2.75, 3.05) is 0 Å². The molecule has 2 aliphatic heterocycles. The molecule has 0 radical (unpaired) electrons. The van der Waals surface area contributed by atoms with Crippen molar-refractivity contribution in [2.24, 2.45) is 0 Å². The fourth-order valence-corrected chi connectivity index (χ4v) is 6.82. The Hall–Kier alpha value is -5.80. The minimum atomic E-state index is 0.0772. The van der Waals surface area contributed by atoms with Gasteiger partial charge in [-0.15, -0.1) is 0 Å². The summed E-state index contributed by atoms with van der Waals surface area (Å²) in [5.41, 5.74) is 12.9. The van der Waals surface area contributed by atoms with Crippen LogP contribution in [0.25, 0.3) is 44.5 Å². The summed E-state index contributed by atoms with van der Waals surface area (Å²) in [6.07, 6.45) is 0. The lowest BCUT2D eigenvalue weighted by atomic mass is 9.35. The van der Waals surface area contributed by atoms with E-state index in [0.29, 0.717) is 0 Å². The van der Waals surface area contributed by atoms with E-state index in [9.17, 15) is 0 Å². The molecule has 45 heavy (non-hydrogen) atoms. The lowest BCUT2D eigenvalue weighted by Gasteiger charge is -2.32. The van der Waals surface area contributed by atoms with Gasteiger partial charge in [-0.2, -0.15) is 0 Å². The predicted octanol–water partition coefficient (Wildman–Crippen LogP) is 9.08. The number of hydrogen-bond donors (Lipinski definition) is 0. The SMILES string of the molecule is c1ccc(-c2cccc(-c3cccc(-c4cccc(-c5ccc6c(c5)Oc5cccc7c5B6c5ccccc5O7)c4)c3)c2)cc1. The Morgan fingerprint density at radius 3 is 1.33 bits per heavy atom. The van der Waals surface area contributed by atoms with E-state index in [-0.39, 0.29) is 6.71 Å². The molecule has 210 valence electrons. The maximum Gasteiger partial charge on any atom is 0.260 e. The first kappa shape index (κ1) is 25.7. The molecule has 0 saturated carbocycles. The van der Waals surface area contributed by atoms with Crippen LogP contribution >= 0.6 is 0 Å². The molecule has 0 aromatic heterocycles. The summed E-state index contributed by atoms with van der Waals surface area (Å²) >= 11 is 0. The predicted molar refractivity (Wildman–Crippen MR) is 186 cm³/mol. The van der Waals surface area contributed by atoms with Gasteiger partial charge >= 0.3 is 0 Å². The number of hydrogen-bond acceptors (Lipinski definition) is 2. The molecule has 0 saturated heterocycles. The zero-order valence-electron chi connectivity index (χ0n) is 24.5. The average molecular weight is 574 g/mol. The van der Waals surface area contributed by atoms with Crippen LogP contribution in [0.3, 0.4) is 0 Å². The van der Waals surface area contributed by atoms with Gasteiger partial charge in [0.05, 0.1) is 0 Å². The third kappa shape index (κ3) is 4.44. The molecule has 0 unspecified atom stereocenters. The highest BCUT2D eigenvalue weighted by atomic mass is 16.5. The molecule has 2 heterocycles. The third-order valence-electron chi connectivity index (χ3n) is 9.00. The highest BCUT2D eigenvalue weighted by Crippen LogP contribution is 2.37. The van der Waals surface area contributed by atoms with Crippen LogP contribution in [-0.2, 0) is 0 Å². The van der Waals surface area contributed by atoms with E-state index in [4.69, 9.17) is 9.47 Å². The maximum atomic E-state index is 6.54. The minimum absolute atomic E-state index is 0.0772. The summed E-state index contributed by atoms with van der Waals surface area (Å²) in [6, 6.07) is 58.0. The van der Waals surface area contributed by atoms with Gasteiger partial charge in [0.2, 0.25) is 0 Å². The molecule has 0 amide bonds. The first-order valence-electron chi connectivity index (χ1n) is 15.4. The van der Waals surface area contributed by atoms with Crippen molar-refractivity contribution in [3.63, 3.8) is 0 Å². The molecule has 0 aliphatic carbocycles. The highest BCUT2D eigenvalue weighted by molar-refractivity contribution is 6.98. The number of benzene rings is 7. The Morgan fingerprint density at radius 2 is 0.711 bits per heavy atom. The van der Waals surface area contributed by atoms with Gasteiger partial charge in [0.1, 0.15) is 23.0 Å². The van der Waals surface area contributed by atoms with Crippen LogP contribution in [0, 0.1) is 0 Å². The molecule has 2 nitrogen and oxygen atoms in total. The van der Waals surface area contributed by atoms with Crippen LogP contribution in [0.15, 0.2) is 164 Å². The van der Waals surface area contributed by atoms with Crippen LogP contribution in [-0.4, -0.2) is 6.71 Å². The van der Waals surface area contributed by atoms with Gasteiger partial charge in [-0.3, -0.25) is 0 Å². The van der Waals surface area contributed by atoms with Crippen LogP contribution in [0.1, 0.15) is 0 Å². The number of para-hydroxylation sites is 1. The van der Waals surface area contributed by atoms with Crippen LogP contribution in [0.4, 0.5) is 0 Å². The van der Waals surface area contributed by atoms with E-state index in [1.165, 1.54) is 38.8 Å². The van der Waals surface area contributed by atoms with Crippen molar-refractivity contribution >= 4 is 23.1 Å². The number of rotatable bonds is 4. The molecule has 9 rings (SSSR count). The van der Waals surface area contributed by atoms with E-state index in [2.05, 4.69) is 140 Å². The summed E-state index contributed by atoms with van der Waals surface area (Å²) in [5.74, 6) is 3.53. The van der Waals surface area contributed by atoms with Crippen LogP contribution < -0.4 is 25.9 Å². The number of fused-ring (bicyclic) bond motifs is 4. The van der Waals surface area contributed by atoms with Gasteiger partial charge in [0, 0.05) is 5.46 Å². The molecular formula is C42H27BO2. The normalized spacial score (nSPS) is 12.3. The van der Waals surface area contributed by atoms with Crippen molar-refractivity contribution < 1.29 is 9.47 Å². The first-order valence-corrected chi connectivity index (χ1v) is 15.4. The second kappa shape index (κ2) is 10.4. The summed E-state index contributed by atoms with van der Waals surface area (Å²) < 4.78 is 12.8. The fourth-order valence-electron chi connectivity index (χ4n) is 6.82. The molecule has 7 aromatic rings. The van der Waals surface area contributed by atoms with Gasteiger partial charge in [0.25, 0.3) is 6.71 Å². The molecular weight excluding hydrogens is 547 g/mol. The Kier molecular flexibility index (Phi) is 5.95. The molecule has 0 atom stereocenters. The lowest BCUT2D eigenvalue weighted by Crippen LogP contribution is -2.57. The molecule has 0 fully saturated rings. The fraction of sp³-hybridized carbons (Fsp3) is 0. The first-order chi connectivity index (χ1) is 22.3. The smallest absolute Gasteiger partial charge is 0.260 e. The summed E-state index contributed by atoms with van der Waals surface area (Å²) in [5, 5.41) is 0. The van der Waals surface area contributed by atoms with Gasteiger partial charge in [-0.25, -0.2) is 0 Å². The van der Waals surface area contributed by atoms with Crippen molar-refractivity contribution in [3.05, 3.63) is 164 Å². The summed E-state index contributed by atoms with van der Waals surface area (Å²) in [6.45, 7) is 0.0772. The minimum Gasteiger partial charge on any atom is -0.458 e. The maximum absolute atomic E-state index is 6.54. The molecule has 2 aliphatic rings. The van der Waals surface area contributed by atoms with E-state index < -0.39 is 0 Å². The van der Waals surface area contributed by atoms with E-state index in [1.54, 1.807) is 0 Å². The molecule has 0 bridgehead atoms. The Morgan fingerprint density at radius 1 is 0.289 bits per heavy atom. The van der Waals surface area contributed by atoms with Gasteiger partial charge in [-0.05, 0) is 97.9 Å². The van der Waals surface area contributed by atoms with Crippen molar-refractivity contribution in [3.8, 4) is 67.5 Å². The molecule has 0 N–H and O–H groups in total.